The Kier molecular flexibility index (Phi) is 18.3. The molecule has 0 saturated heterocycles. The molecular weight excluding hydrogens is 340 g/mol. The van der Waals surface area contributed by atoms with Gasteiger partial charge in [-0.05, 0) is 38.5 Å². The lowest BCUT2D eigenvalue weighted by Gasteiger charge is -2.09. The fourth-order valence-corrected chi connectivity index (χ4v) is 2.77. The van der Waals surface area contributed by atoms with Crippen molar-refractivity contribution in [2.24, 2.45) is 0 Å². The minimum absolute atomic E-state index is 0.0420. The van der Waals surface area contributed by atoms with E-state index in [1.807, 2.05) is 0 Å². The number of ether oxygens (including phenoxy) is 1. The first-order valence-corrected chi connectivity index (χ1v) is 10.7. The predicted molar refractivity (Wildman–Crippen MR) is 112 cm³/mol. The molecule has 0 amide bonds. The molecule has 0 bridgehead atoms. The Balaban J connectivity index is 3.40. The second kappa shape index (κ2) is 19.3. The third-order valence-electron chi connectivity index (χ3n) is 4.35. The third-order valence-corrected chi connectivity index (χ3v) is 4.35. The summed E-state index contributed by atoms with van der Waals surface area (Å²) >= 11 is 0. The molecule has 0 aliphatic carbocycles. The van der Waals surface area contributed by atoms with Gasteiger partial charge in [0.1, 0.15) is 12.4 Å². The SMILES string of the molecule is CCCCC/C=C\C/C=C\CCCCCCCC(=O)C[C@H](O)COC(C)=O. The molecule has 0 heterocycles. The molecule has 0 saturated carbocycles. The van der Waals surface area contributed by atoms with E-state index in [4.69, 9.17) is 0 Å². The number of aliphatic hydroxyl groups excluding tert-OH is 1. The number of carbonyl (C=O) groups excluding carboxylic acids is 2. The summed E-state index contributed by atoms with van der Waals surface area (Å²) in [6, 6.07) is 0. The van der Waals surface area contributed by atoms with Crippen LogP contribution in [-0.2, 0) is 14.3 Å². The lowest BCUT2D eigenvalue weighted by Crippen LogP contribution is -2.20. The molecule has 0 aromatic carbocycles. The summed E-state index contributed by atoms with van der Waals surface area (Å²) in [5.41, 5.74) is 0. The van der Waals surface area contributed by atoms with Crippen molar-refractivity contribution in [2.45, 2.75) is 103 Å². The van der Waals surface area contributed by atoms with Crippen molar-refractivity contribution in [2.75, 3.05) is 6.61 Å². The zero-order valence-corrected chi connectivity index (χ0v) is 17.5. The molecule has 0 aliphatic rings. The highest BCUT2D eigenvalue weighted by molar-refractivity contribution is 5.78. The van der Waals surface area contributed by atoms with Gasteiger partial charge < -0.3 is 9.84 Å². The monoisotopic (exact) mass is 380 g/mol. The number of allylic oxidation sites excluding steroid dienone is 4. The van der Waals surface area contributed by atoms with E-state index >= 15 is 0 Å². The number of hydrogen-bond donors (Lipinski definition) is 1. The Labute approximate surface area is 166 Å². The number of aliphatic hydroxyl groups is 1. The van der Waals surface area contributed by atoms with Gasteiger partial charge in [-0.25, -0.2) is 0 Å². The lowest BCUT2D eigenvalue weighted by molar-refractivity contribution is -0.145. The van der Waals surface area contributed by atoms with Crippen molar-refractivity contribution in [1.82, 2.24) is 0 Å². The van der Waals surface area contributed by atoms with Gasteiger partial charge in [-0.2, -0.15) is 0 Å². The van der Waals surface area contributed by atoms with Gasteiger partial charge in [-0.3, -0.25) is 9.59 Å². The molecular formula is C23H40O4. The number of unbranched alkanes of at least 4 members (excludes halogenated alkanes) is 8. The Bertz CT molecular complexity index is 426. The molecule has 0 aromatic heterocycles. The maximum Gasteiger partial charge on any atom is 0.302 e. The maximum atomic E-state index is 11.7. The van der Waals surface area contributed by atoms with E-state index in [0.29, 0.717) is 6.42 Å². The zero-order chi connectivity index (χ0) is 20.2. The van der Waals surface area contributed by atoms with E-state index in [9.17, 15) is 14.7 Å². The van der Waals surface area contributed by atoms with Gasteiger partial charge in [0.05, 0.1) is 6.10 Å². The minimum Gasteiger partial charge on any atom is -0.463 e. The fourth-order valence-electron chi connectivity index (χ4n) is 2.77. The van der Waals surface area contributed by atoms with Crippen LogP contribution in [0.2, 0.25) is 0 Å². The average Bonchev–Trinajstić information content (AvgIpc) is 2.63. The summed E-state index contributed by atoms with van der Waals surface area (Å²) in [6.07, 6.45) is 21.5. The van der Waals surface area contributed by atoms with Crippen molar-refractivity contribution in [3.63, 3.8) is 0 Å². The van der Waals surface area contributed by atoms with Crippen molar-refractivity contribution >= 4 is 11.8 Å². The maximum absolute atomic E-state index is 11.7. The third kappa shape index (κ3) is 20.7. The van der Waals surface area contributed by atoms with Crippen LogP contribution >= 0.6 is 0 Å². The first kappa shape index (κ1) is 25.6. The van der Waals surface area contributed by atoms with Crippen molar-refractivity contribution in [3.05, 3.63) is 24.3 Å². The molecule has 0 unspecified atom stereocenters. The number of ketones is 1. The van der Waals surface area contributed by atoms with Crippen molar-refractivity contribution in [1.29, 1.82) is 0 Å². The number of carbonyl (C=O) groups is 2. The van der Waals surface area contributed by atoms with E-state index in [0.717, 1.165) is 32.1 Å². The van der Waals surface area contributed by atoms with Crippen LogP contribution < -0.4 is 0 Å². The molecule has 0 aliphatic heterocycles. The first-order valence-electron chi connectivity index (χ1n) is 10.7. The van der Waals surface area contributed by atoms with Crippen LogP contribution in [0.1, 0.15) is 97.3 Å². The molecule has 4 nitrogen and oxygen atoms in total. The van der Waals surface area contributed by atoms with E-state index in [1.54, 1.807) is 0 Å². The average molecular weight is 381 g/mol. The van der Waals surface area contributed by atoms with E-state index in [-0.39, 0.29) is 18.8 Å². The van der Waals surface area contributed by atoms with Crippen LogP contribution in [0.3, 0.4) is 0 Å². The number of Topliss-reactive ketones (excluding diaryl/α,β-unsaturated/α-hetero) is 1. The van der Waals surface area contributed by atoms with Crippen LogP contribution in [0, 0.1) is 0 Å². The number of esters is 1. The largest absolute Gasteiger partial charge is 0.463 e. The standard InChI is InChI=1S/C23H40O4/c1-3-4-5-6-7-8-9-10-11-12-13-14-15-16-17-18-22(25)19-23(26)20-27-21(2)24/h7-8,10-11,23,26H,3-6,9,12-20H2,1-2H3/b8-7-,11-10-/t23-/m0/s1. The Morgan fingerprint density at radius 2 is 1.48 bits per heavy atom. The molecule has 0 spiro atoms. The molecule has 0 aromatic rings. The van der Waals surface area contributed by atoms with Crippen molar-refractivity contribution < 1.29 is 19.4 Å². The van der Waals surface area contributed by atoms with Crippen LogP contribution in [0.4, 0.5) is 0 Å². The van der Waals surface area contributed by atoms with Crippen LogP contribution in [0.25, 0.3) is 0 Å². The molecule has 4 heteroatoms. The van der Waals surface area contributed by atoms with Gasteiger partial charge in [0, 0.05) is 19.8 Å². The van der Waals surface area contributed by atoms with Gasteiger partial charge in [0.25, 0.3) is 0 Å². The second-order valence-electron chi connectivity index (χ2n) is 7.18. The smallest absolute Gasteiger partial charge is 0.302 e. The van der Waals surface area contributed by atoms with Crippen LogP contribution in [0.15, 0.2) is 24.3 Å². The molecule has 1 atom stereocenters. The summed E-state index contributed by atoms with van der Waals surface area (Å²) in [4.78, 5) is 22.4. The normalized spacial score (nSPS) is 12.7. The lowest BCUT2D eigenvalue weighted by atomic mass is 10.0. The summed E-state index contributed by atoms with van der Waals surface area (Å²) in [5, 5.41) is 9.59. The molecule has 156 valence electrons. The number of rotatable bonds is 18. The molecule has 27 heavy (non-hydrogen) atoms. The van der Waals surface area contributed by atoms with E-state index in [1.165, 1.54) is 45.4 Å². The Morgan fingerprint density at radius 3 is 2.11 bits per heavy atom. The highest BCUT2D eigenvalue weighted by Crippen LogP contribution is 2.10. The van der Waals surface area contributed by atoms with E-state index in [2.05, 4.69) is 36.0 Å². The Hall–Kier alpha value is -1.42. The van der Waals surface area contributed by atoms with Crippen LogP contribution in [0.5, 0.6) is 0 Å². The predicted octanol–water partition coefficient (Wildman–Crippen LogP) is 5.68. The van der Waals surface area contributed by atoms with Gasteiger partial charge >= 0.3 is 5.97 Å². The number of hydrogen-bond acceptors (Lipinski definition) is 4. The molecule has 0 rings (SSSR count). The fraction of sp³-hybridized carbons (Fsp3) is 0.739. The second-order valence-corrected chi connectivity index (χ2v) is 7.18. The minimum atomic E-state index is -0.876. The Morgan fingerprint density at radius 1 is 0.889 bits per heavy atom. The quantitative estimate of drug-likeness (QED) is 0.189. The summed E-state index contributed by atoms with van der Waals surface area (Å²) in [6.45, 7) is 3.42. The summed E-state index contributed by atoms with van der Waals surface area (Å²) < 4.78 is 4.69. The van der Waals surface area contributed by atoms with Crippen LogP contribution in [-0.4, -0.2) is 29.6 Å². The van der Waals surface area contributed by atoms with Gasteiger partial charge in [0.2, 0.25) is 0 Å². The van der Waals surface area contributed by atoms with Gasteiger partial charge in [0.15, 0.2) is 0 Å². The van der Waals surface area contributed by atoms with Gasteiger partial charge in [-0.1, -0.05) is 63.3 Å². The summed E-state index contributed by atoms with van der Waals surface area (Å²) in [5.74, 6) is -0.393. The zero-order valence-electron chi connectivity index (χ0n) is 17.5. The highest BCUT2D eigenvalue weighted by atomic mass is 16.5. The molecule has 0 fully saturated rings. The summed E-state index contributed by atoms with van der Waals surface area (Å²) in [7, 11) is 0. The topological polar surface area (TPSA) is 63.6 Å². The van der Waals surface area contributed by atoms with Crippen molar-refractivity contribution in [3.8, 4) is 0 Å². The molecule has 0 radical (unpaired) electrons. The molecule has 1 N–H and O–H groups in total. The first-order chi connectivity index (χ1) is 13.1. The van der Waals surface area contributed by atoms with E-state index < -0.39 is 12.1 Å². The highest BCUT2D eigenvalue weighted by Gasteiger charge is 2.11. The van der Waals surface area contributed by atoms with Gasteiger partial charge in [-0.15, -0.1) is 0 Å².